The summed E-state index contributed by atoms with van der Waals surface area (Å²) >= 11 is 0. The first kappa shape index (κ1) is 17.7. The van der Waals surface area contributed by atoms with Crippen LogP contribution in [0.25, 0.3) is 0 Å². The molecular weight excluding hydrogens is 290 g/mol. The number of unbranched alkanes of at least 4 members (excludes halogenated alkanes) is 1. The number of nitrogens with zero attached hydrogens (tertiary/aromatic N) is 1. The number of ether oxygens (including phenoxy) is 3. The number of rotatable bonds is 5. The van der Waals surface area contributed by atoms with Crippen LogP contribution >= 0.6 is 0 Å². The quantitative estimate of drug-likeness (QED) is 0.335. The van der Waals surface area contributed by atoms with E-state index in [1.807, 2.05) is 6.92 Å². The van der Waals surface area contributed by atoms with E-state index < -0.39 is 18.0 Å². The molecule has 0 aliphatic carbocycles. The number of allylic oxidation sites excluding steroid dienone is 2. The second-order valence-electron chi connectivity index (χ2n) is 4.62. The van der Waals surface area contributed by atoms with Crippen molar-refractivity contribution >= 4 is 18.0 Å². The third kappa shape index (κ3) is 4.91. The van der Waals surface area contributed by atoms with E-state index in [0.717, 1.165) is 12.8 Å². The Morgan fingerprint density at radius 1 is 1.05 bits per heavy atom. The van der Waals surface area contributed by atoms with Gasteiger partial charge in [-0.05, 0) is 19.3 Å². The molecule has 7 nitrogen and oxygen atoms in total. The number of hydrogen-bond acceptors (Lipinski definition) is 6. The Balaban J connectivity index is 2.98. The summed E-state index contributed by atoms with van der Waals surface area (Å²) in [4.78, 5) is 36.2. The molecule has 0 unspecified atom stereocenters. The molecule has 0 bridgehead atoms. The summed E-state index contributed by atoms with van der Waals surface area (Å²) in [5.74, 6) is -1.14. The molecule has 1 rings (SSSR count). The summed E-state index contributed by atoms with van der Waals surface area (Å²) in [6, 6.07) is 0. The number of carbonyl (C=O) groups is 3. The first-order valence-corrected chi connectivity index (χ1v) is 7.07. The van der Waals surface area contributed by atoms with Gasteiger partial charge in [0.2, 0.25) is 0 Å². The Morgan fingerprint density at radius 2 is 1.55 bits per heavy atom. The molecule has 0 N–H and O–H groups in total. The Labute approximate surface area is 129 Å². The summed E-state index contributed by atoms with van der Waals surface area (Å²) in [5.41, 5.74) is 0.868. The lowest BCUT2D eigenvalue weighted by molar-refractivity contribution is -0.135. The molecule has 1 aliphatic rings. The van der Waals surface area contributed by atoms with Crippen LogP contribution in [0.2, 0.25) is 0 Å². The zero-order valence-corrected chi connectivity index (χ0v) is 13.1. The fourth-order valence-corrected chi connectivity index (χ4v) is 1.93. The third-order valence-electron chi connectivity index (χ3n) is 3.09. The van der Waals surface area contributed by atoms with Gasteiger partial charge in [0.15, 0.2) is 0 Å². The number of esters is 2. The molecule has 1 aliphatic heterocycles. The number of carbonyl (C=O) groups excluding carboxylic acids is 3. The van der Waals surface area contributed by atoms with Crippen molar-refractivity contribution in [2.75, 3.05) is 20.8 Å². The second kappa shape index (κ2) is 8.86. The van der Waals surface area contributed by atoms with E-state index in [1.165, 1.54) is 31.3 Å². The van der Waals surface area contributed by atoms with Crippen molar-refractivity contribution < 1.29 is 28.6 Å². The van der Waals surface area contributed by atoms with E-state index in [4.69, 9.17) is 4.74 Å². The van der Waals surface area contributed by atoms with Crippen molar-refractivity contribution in [3.05, 3.63) is 23.5 Å². The number of methoxy groups -OCH3 is 2. The predicted octanol–water partition coefficient (Wildman–Crippen LogP) is 2.13. The first-order chi connectivity index (χ1) is 10.5. The van der Waals surface area contributed by atoms with Crippen molar-refractivity contribution in [1.82, 2.24) is 4.90 Å². The molecule has 0 aromatic rings. The van der Waals surface area contributed by atoms with Gasteiger partial charge in [0.1, 0.15) is 0 Å². The monoisotopic (exact) mass is 311 g/mol. The minimum absolute atomic E-state index is 0.281. The van der Waals surface area contributed by atoms with E-state index in [-0.39, 0.29) is 6.61 Å². The van der Waals surface area contributed by atoms with Crippen molar-refractivity contribution in [3.63, 3.8) is 0 Å². The highest BCUT2D eigenvalue weighted by Gasteiger charge is 2.31. The lowest BCUT2D eigenvalue weighted by Crippen LogP contribution is -2.27. The lowest BCUT2D eigenvalue weighted by atomic mass is 10.2. The van der Waals surface area contributed by atoms with E-state index in [0.29, 0.717) is 24.2 Å². The fourth-order valence-electron chi connectivity index (χ4n) is 1.93. The van der Waals surface area contributed by atoms with Gasteiger partial charge in [0.25, 0.3) is 0 Å². The van der Waals surface area contributed by atoms with Gasteiger partial charge in [-0.1, -0.05) is 13.3 Å². The molecule has 0 aromatic carbocycles. The maximum atomic E-state index is 12.2. The third-order valence-corrected chi connectivity index (χ3v) is 3.09. The van der Waals surface area contributed by atoms with Gasteiger partial charge in [0, 0.05) is 23.5 Å². The second-order valence-corrected chi connectivity index (χ2v) is 4.62. The van der Waals surface area contributed by atoms with Crippen molar-refractivity contribution in [1.29, 1.82) is 0 Å². The normalized spacial score (nSPS) is 17.7. The van der Waals surface area contributed by atoms with Crippen LogP contribution in [0.4, 0.5) is 4.79 Å². The SMILES string of the molecule is CCCCOC(=O)N1/C(=C/C(=O)OC)CC/C1=C\C(=O)OC. The van der Waals surface area contributed by atoms with Gasteiger partial charge >= 0.3 is 18.0 Å². The van der Waals surface area contributed by atoms with Crippen molar-refractivity contribution in [2.24, 2.45) is 0 Å². The maximum Gasteiger partial charge on any atom is 0.418 e. The number of likely N-dealkylation sites (tertiary alicyclic amines) is 1. The number of amides is 1. The van der Waals surface area contributed by atoms with Gasteiger partial charge in [-0.25, -0.2) is 14.4 Å². The average Bonchev–Trinajstić information content (AvgIpc) is 2.89. The first-order valence-electron chi connectivity index (χ1n) is 7.07. The Kier molecular flexibility index (Phi) is 7.15. The van der Waals surface area contributed by atoms with Crippen LogP contribution in [0.3, 0.4) is 0 Å². The van der Waals surface area contributed by atoms with Gasteiger partial charge in [-0.15, -0.1) is 0 Å². The molecule has 0 atom stereocenters. The largest absolute Gasteiger partial charge is 0.466 e. The molecule has 1 amide bonds. The Hall–Kier alpha value is -2.31. The molecular formula is C15H21NO6. The molecule has 7 heteroatoms. The maximum absolute atomic E-state index is 12.2. The van der Waals surface area contributed by atoms with Crippen LogP contribution < -0.4 is 0 Å². The molecule has 0 aromatic heterocycles. The van der Waals surface area contributed by atoms with E-state index in [1.54, 1.807) is 0 Å². The van der Waals surface area contributed by atoms with Gasteiger partial charge < -0.3 is 14.2 Å². The molecule has 1 fully saturated rings. The lowest BCUT2D eigenvalue weighted by Gasteiger charge is -2.19. The minimum Gasteiger partial charge on any atom is -0.466 e. The highest BCUT2D eigenvalue weighted by atomic mass is 16.6. The average molecular weight is 311 g/mol. The van der Waals surface area contributed by atoms with Gasteiger partial charge in [-0.2, -0.15) is 0 Å². The summed E-state index contributed by atoms with van der Waals surface area (Å²) in [6.07, 6.45) is 4.32. The Bertz CT molecular complexity index is 460. The standard InChI is InChI=1S/C15H21NO6/c1-4-5-8-22-15(19)16-11(9-13(17)20-2)6-7-12(16)10-14(18)21-3/h9-10H,4-8H2,1-3H3/b11-9+,12-10+. The molecule has 0 radical (unpaired) electrons. The summed E-state index contributed by atoms with van der Waals surface area (Å²) < 4.78 is 14.3. The summed E-state index contributed by atoms with van der Waals surface area (Å²) in [7, 11) is 2.51. The molecule has 122 valence electrons. The van der Waals surface area contributed by atoms with Gasteiger partial charge in [0.05, 0.1) is 20.8 Å². The molecule has 1 saturated heterocycles. The fraction of sp³-hybridized carbons (Fsp3) is 0.533. The summed E-state index contributed by atoms with van der Waals surface area (Å²) in [5, 5.41) is 0. The van der Waals surface area contributed by atoms with Crippen LogP contribution in [0.1, 0.15) is 32.6 Å². The van der Waals surface area contributed by atoms with E-state index in [2.05, 4.69) is 9.47 Å². The van der Waals surface area contributed by atoms with Crippen molar-refractivity contribution in [2.45, 2.75) is 32.6 Å². The minimum atomic E-state index is -0.615. The van der Waals surface area contributed by atoms with E-state index in [9.17, 15) is 14.4 Å². The zero-order valence-electron chi connectivity index (χ0n) is 13.1. The molecule has 22 heavy (non-hydrogen) atoms. The Morgan fingerprint density at radius 3 is 1.95 bits per heavy atom. The molecule has 1 heterocycles. The van der Waals surface area contributed by atoms with Gasteiger partial charge in [-0.3, -0.25) is 4.90 Å². The van der Waals surface area contributed by atoms with E-state index >= 15 is 0 Å². The highest BCUT2D eigenvalue weighted by Crippen LogP contribution is 2.31. The van der Waals surface area contributed by atoms with Crippen LogP contribution in [0.15, 0.2) is 23.5 Å². The van der Waals surface area contributed by atoms with Crippen LogP contribution in [0.5, 0.6) is 0 Å². The predicted molar refractivity (Wildman–Crippen MR) is 77.5 cm³/mol. The van der Waals surface area contributed by atoms with Crippen LogP contribution in [0, 0.1) is 0 Å². The zero-order chi connectivity index (χ0) is 16.5. The number of hydrogen-bond donors (Lipinski definition) is 0. The smallest absolute Gasteiger partial charge is 0.418 e. The molecule has 0 spiro atoms. The molecule has 0 saturated carbocycles. The van der Waals surface area contributed by atoms with Crippen molar-refractivity contribution in [3.8, 4) is 0 Å². The van der Waals surface area contributed by atoms with Crippen LogP contribution in [-0.4, -0.2) is 43.8 Å². The topological polar surface area (TPSA) is 82.1 Å². The highest BCUT2D eigenvalue weighted by molar-refractivity contribution is 5.87. The van der Waals surface area contributed by atoms with Crippen LogP contribution in [-0.2, 0) is 23.8 Å². The summed E-state index contributed by atoms with van der Waals surface area (Å²) in [6.45, 7) is 2.26.